The standard InChI is InChI=1S/C18H19F3N4O4/c1-11-14(12(2)29-22-11)10-17(26)24-7-5-23(6-8-24)15-4-3-13(18(19,20)21)9-16(15)25(27)28/h3-4,9H,5-8,10H2,1-2H3. The number of carbonyl (C=O) groups is 1. The molecule has 8 nitrogen and oxygen atoms in total. The van der Waals surface area contributed by atoms with Crippen molar-refractivity contribution in [2.45, 2.75) is 26.4 Å². The van der Waals surface area contributed by atoms with Gasteiger partial charge in [-0.3, -0.25) is 14.9 Å². The van der Waals surface area contributed by atoms with E-state index in [1.165, 1.54) is 0 Å². The summed E-state index contributed by atoms with van der Waals surface area (Å²) in [7, 11) is 0. The summed E-state index contributed by atoms with van der Waals surface area (Å²) in [6.45, 7) is 4.64. The van der Waals surface area contributed by atoms with Crippen LogP contribution in [0.25, 0.3) is 0 Å². The van der Waals surface area contributed by atoms with E-state index >= 15 is 0 Å². The number of aryl methyl sites for hydroxylation is 2. The van der Waals surface area contributed by atoms with Crippen LogP contribution in [0.15, 0.2) is 22.7 Å². The van der Waals surface area contributed by atoms with Crippen LogP contribution in [0, 0.1) is 24.0 Å². The fourth-order valence-corrected chi connectivity index (χ4v) is 3.33. The fourth-order valence-electron chi connectivity index (χ4n) is 3.33. The lowest BCUT2D eigenvalue weighted by Crippen LogP contribution is -2.49. The number of halogens is 3. The van der Waals surface area contributed by atoms with Crippen LogP contribution in [-0.2, 0) is 17.4 Å². The van der Waals surface area contributed by atoms with Crippen molar-refractivity contribution in [3.63, 3.8) is 0 Å². The van der Waals surface area contributed by atoms with Crippen molar-refractivity contribution in [1.29, 1.82) is 0 Å². The second kappa shape index (κ2) is 7.72. The third-order valence-corrected chi connectivity index (χ3v) is 4.98. The molecule has 1 saturated heterocycles. The van der Waals surface area contributed by atoms with E-state index in [9.17, 15) is 28.1 Å². The maximum absolute atomic E-state index is 12.9. The number of hydrogen-bond donors (Lipinski definition) is 0. The number of nitrogens with zero attached hydrogens (tertiary/aromatic N) is 4. The minimum Gasteiger partial charge on any atom is -0.362 e. The zero-order valence-electron chi connectivity index (χ0n) is 15.8. The Morgan fingerprint density at radius 3 is 2.41 bits per heavy atom. The highest BCUT2D eigenvalue weighted by Gasteiger charge is 2.34. The molecule has 1 aromatic carbocycles. The Bertz CT molecular complexity index is 914. The number of carbonyl (C=O) groups excluding carboxylic acids is 1. The summed E-state index contributed by atoms with van der Waals surface area (Å²) in [5.41, 5.74) is -0.178. The molecule has 29 heavy (non-hydrogen) atoms. The van der Waals surface area contributed by atoms with Crippen molar-refractivity contribution < 1.29 is 27.4 Å². The topological polar surface area (TPSA) is 92.7 Å². The number of nitro benzene ring substituents is 1. The predicted molar refractivity (Wildman–Crippen MR) is 96.6 cm³/mol. The summed E-state index contributed by atoms with van der Waals surface area (Å²) in [6, 6.07) is 2.49. The van der Waals surface area contributed by atoms with Crippen LogP contribution < -0.4 is 4.90 Å². The average molecular weight is 412 g/mol. The summed E-state index contributed by atoms with van der Waals surface area (Å²) >= 11 is 0. The van der Waals surface area contributed by atoms with Gasteiger partial charge in [0.15, 0.2) is 0 Å². The monoisotopic (exact) mass is 412 g/mol. The van der Waals surface area contributed by atoms with Gasteiger partial charge in [0.2, 0.25) is 5.91 Å². The first-order valence-electron chi connectivity index (χ1n) is 8.88. The van der Waals surface area contributed by atoms with E-state index in [1.54, 1.807) is 23.6 Å². The zero-order chi connectivity index (χ0) is 21.3. The largest absolute Gasteiger partial charge is 0.416 e. The highest BCUT2D eigenvalue weighted by Crippen LogP contribution is 2.36. The maximum atomic E-state index is 12.9. The van der Waals surface area contributed by atoms with E-state index in [4.69, 9.17) is 4.52 Å². The molecular formula is C18H19F3N4O4. The lowest BCUT2D eigenvalue weighted by molar-refractivity contribution is -0.384. The van der Waals surface area contributed by atoms with Gasteiger partial charge >= 0.3 is 6.18 Å². The van der Waals surface area contributed by atoms with E-state index in [1.807, 2.05) is 0 Å². The SMILES string of the molecule is Cc1noc(C)c1CC(=O)N1CCN(c2ccc(C(F)(F)F)cc2[N+](=O)[O-])CC1. The molecule has 1 aliphatic rings. The number of hydrogen-bond acceptors (Lipinski definition) is 6. The van der Waals surface area contributed by atoms with E-state index in [0.717, 1.165) is 17.7 Å². The summed E-state index contributed by atoms with van der Waals surface area (Å²) in [5, 5.41) is 15.1. The highest BCUT2D eigenvalue weighted by atomic mass is 19.4. The molecule has 0 aliphatic carbocycles. The molecule has 156 valence electrons. The number of piperazine rings is 1. The Labute approximate surface area is 164 Å². The smallest absolute Gasteiger partial charge is 0.362 e. The third kappa shape index (κ3) is 4.33. The predicted octanol–water partition coefficient (Wildman–Crippen LogP) is 3.11. The van der Waals surface area contributed by atoms with Crippen molar-refractivity contribution in [3.8, 4) is 0 Å². The molecule has 0 spiro atoms. The van der Waals surface area contributed by atoms with Gasteiger partial charge in [-0.1, -0.05) is 5.16 Å². The molecule has 1 fully saturated rings. The molecule has 0 atom stereocenters. The summed E-state index contributed by atoms with van der Waals surface area (Å²) in [6.07, 6.45) is -4.52. The Kier molecular flexibility index (Phi) is 5.49. The molecule has 0 saturated carbocycles. The summed E-state index contributed by atoms with van der Waals surface area (Å²) in [5.74, 6) is 0.454. The molecule has 1 aliphatic heterocycles. The molecule has 11 heteroatoms. The van der Waals surface area contributed by atoms with E-state index in [0.29, 0.717) is 30.6 Å². The molecule has 2 aromatic rings. The molecule has 2 heterocycles. The number of nitro groups is 1. The summed E-state index contributed by atoms with van der Waals surface area (Å²) < 4.78 is 43.7. The second-order valence-electron chi connectivity index (χ2n) is 6.81. The van der Waals surface area contributed by atoms with Gasteiger partial charge in [0.25, 0.3) is 5.69 Å². The second-order valence-corrected chi connectivity index (χ2v) is 6.81. The fraction of sp³-hybridized carbons (Fsp3) is 0.444. The molecule has 3 rings (SSSR count). The number of aromatic nitrogens is 1. The molecule has 0 bridgehead atoms. The van der Waals surface area contributed by atoms with Gasteiger partial charge in [-0.15, -0.1) is 0 Å². The number of amides is 1. The first kappa shape index (κ1) is 20.6. The lowest BCUT2D eigenvalue weighted by atomic mass is 10.1. The van der Waals surface area contributed by atoms with Gasteiger partial charge in [-0.25, -0.2) is 0 Å². The van der Waals surface area contributed by atoms with Crippen molar-refractivity contribution in [3.05, 3.63) is 50.9 Å². The van der Waals surface area contributed by atoms with Crippen molar-refractivity contribution in [1.82, 2.24) is 10.1 Å². The highest BCUT2D eigenvalue weighted by molar-refractivity contribution is 5.79. The van der Waals surface area contributed by atoms with Crippen molar-refractivity contribution in [2.75, 3.05) is 31.1 Å². The molecule has 1 aromatic heterocycles. The van der Waals surface area contributed by atoms with Crippen LogP contribution >= 0.6 is 0 Å². The summed E-state index contributed by atoms with van der Waals surface area (Å²) in [4.78, 5) is 26.3. The van der Waals surface area contributed by atoms with Gasteiger partial charge in [-0.05, 0) is 26.0 Å². The van der Waals surface area contributed by atoms with Crippen LogP contribution in [0.2, 0.25) is 0 Å². The van der Waals surface area contributed by atoms with Gasteiger partial charge in [0.1, 0.15) is 11.4 Å². The van der Waals surface area contributed by atoms with Gasteiger partial charge in [0.05, 0.1) is 22.6 Å². The minimum absolute atomic E-state index is 0.112. The van der Waals surface area contributed by atoms with E-state index in [-0.39, 0.29) is 31.1 Å². The van der Waals surface area contributed by atoms with Gasteiger partial charge in [-0.2, -0.15) is 13.2 Å². The number of anilines is 1. The number of alkyl halides is 3. The van der Waals surface area contributed by atoms with E-state index in [2.05, 4.69) is 5.16 Å². The molecule has 0 unspecified atom stereocenters. The van der Waals surface area contributed by atoms with Crippen LogP contribution in [0.5, 0.6) is 0 Å². The van der Waals surface area contributed by atoms with Gasteiger partial charge in [0, 0.05) is 37.8 Å². The van der Waals surface area contributed by atoms with Gasteiger partial charge < -0.3 is 14.3 Å². The molecule has 0 radical (unpaired) electrons. The average Bonchev–Trinajstić information content (AvgIpc) is 2.99. The van der Waals surface area contributed by atoms with Crippen LogP contribution in [0.4, 0.5) is 24.5 Å². The number of rotatable bonds is 4. The molecular weight excluding hydrogens is 393 g/mol. The van der Waals surface area contributed by atoms with Crippen molar-refractivity contribution >= 4 is 17.3 Å². The van der Waals surface area contributed by atoms with Crippen LogP contribution in [-0.4, -0.2) is 47.1 Å². The molecule has 1 amide bonds. The lowest BCUT2D eigenvalue weighted by Gasteiger charge is -2.36. The Morgan fingerprint density at radius 2 is 1.90 bits per heavy atom. The van der Waals surface area contributed by atoms with Crippen molar-refractivity contribution in [2.24, 2.45) is 0 Å². The molecule has 0 N–H and O–H groups in total. The first-order chi connectivity index (χ1) is 13.6. The van der Waals surface area contributed by atoms with Crippen LogP contribution in [0.1, 0.15) is 22.6 Å². The zero-order valence-corrected chi connectivity index (χ0v) is 15.8. The normalized spacial score (nSPS) is 14.9. The first-order valence-corrected chi connectivity index (χ1v) is 8.88. The third-order valence-electron chi connectivity index (χ3n) is 4.98. The van der Waals surface area contributed by atoms with E-state index < -0.39 is 22.4 Å². The Balaban J connectivity index is 1.70. The number of benzene rings is 1. The van der Waals surface area contributed by atoms with Crippen LogP contribution in [0.3, 0.4) is 0 Å². The minimum atomic E-state index is -4.66. The Morgan fingerprint density at radius 1 is 1.24 bits per heavy atom. The maximum Gasteiger partial charge on any atom is 0.416 e. The Hall–Kier alpha value is -3.11. The quantitative estimate of drug-likeness (QED) is 0.566.